The van der Waals surface area contributed by atoms with Gasteiger partial charge in [0.05, 0.1) is 16.8 Å². The first-order chi connectivity index (χ1) is 8.33. The van der Waals surface area contributed by atoms with Gasteiger partial charge in [0.25, 0.3) is 0 Å². The van der Waals surface area contributed by atoms with Crippen LogP contribution in [0.15, 0.2) is 48.0 Å². The number of hydrogen-bond acceptors (Lipinski definition) is 3. The highest BCUT2D eigenvalue weighted by atomic mass is 32.1. The summed E-state index contributed by atoms with van der Waals surface area (Å²) < 4.78 is 0. The fraction of sp³-hybridized carbons (Fsp3) is 0. The van der Waals surface area contributed by atoms with Crippen molar-refractivity contribution < 1.29 is 0 Å². The number of thiophene rings is 1. The highest BCUT2D eigenvalue weighted by Gasteiger charge is 2.05. The van der Waals surface area contributed by atoms with Crippen LogP contribution in [0.4, 0.5) is 5.69 Å². The quantitative estimate of drug-likeness (QED) is 0.676. The van der Waals surface area contributed by atoms with Crippen LogP contribution in [0.25, 0.3) is 22.0 Å². The molecule has 0 spiro atoms. The van der Waals surface area contributed by atoms with E-state index in [1.807, 2.05) is 36.5 Å². The minimum absolute atomic E-state index is 0.747. The molecule has 17 heavy (non-hydrogen) atoms. The molecule has 0 bridgehead atoms. The smallest absolute Gasteiger partial charge is 0.137 e. The third-order valence-electron chi connectivity index (χ3n) is 2.52. The molecular weight excluding hydrogens is 230 g/mol. The number of aromatic amines is 1. The summed E-state index contributed by atoms with van der Waals surface area (Å²) in [7, 11) is 0. The van der Waals surface area contributed by atoms with Gasteiger partial charge in [-0.25, -0.2) is 4.98 Å². The normalized spacial score (nSPS) is 10.6. The first-order valence-electron chi connectivity index (χ1n) is 5.28. The van der Waals surface area contributed by atoms with E-state index in [0.717, 1.165) is 22.8 Å². The van der Waals surface area contributed by atoms with Gasteiger partial charge in [0, 0.05) is 11.3 Å². The van der Waals surface area contributed by atoms with E-state index >= 15 is 0 Å². The number of imidazole rings is 1. The molecule has 3 N–H and O–H groups in total. The van der Waals surface area contributed by atoms with E-state index < -0.39 is 0 Å². The van der Waals surface area contributed by atoms with Crippen LogP contribution >= 0.6 is 11.3 Å². The Balaban J connectivity index is 2.01. The third-order valence-corrected chi connectivity index (χ3v) is 3.43. The summed E-state index contributed by atoms with van der Waals surface area (Å²) >= 11 is 1.69. The van der Waals surface area contributed by atoms with Crippen LogP contribution in [0.3, 0.4) is 0 Å². The van der Waals surface area contributed by atoms with Crippen molar-refractivity contribution in [3.05, 3.63) is 48.0 Å². The summed E-state index contributed by atoms with van der Waals surface area (Å²) in [6.45, 7) is 0. The zero-order valence-corrected chi connectivity index (χ0v) is 9.87. The number of nitrogens with zero attached hydrogens (tertiary/aromatic N) is 1. The lowest BCUT2D eigenvalue weighted by Gasteiger charge is -1.98. The minimum atomic E-state index is 0.747. The molecule has 84 valence electrons. The Kier molecular flexibility index (Phi) is 2.42. The van der Waals surface area contributed by atoms with Crippen LogP contribution < -0.4 is 5.73 Å². The maximum absolute atomic E-state index is 5.76. The molecule has 3 aromatic rings. The largest absolute Gasteiger partial charge is 0.399 e. The van der Waals surface area contributed by atoms with E-state index in [9.17, 15) is 0 Å². The van der Waals surface area contributed by atoms with Gasteiger partial charge in [0.2, 0.25) is 0 Å². The number of benzene rings is 1. The molecule has 0 saturated heterocycles. The number of nitrogens with one attached hydrogen (secondary N) is 1. The number of H-pyrrole nitrogens is 1. The standard InChI is InChI=1S/C13H11N3S/c14-10-4-1-3-9(7-10)13-15-8-11(16-13)12-5-2-6-17-12/h1-8H,14H2,(H,15,16). The second kappa shape index (κ2) is 4.07. The molecule has 0 atom stereocenters. The Morgan fingerprint density at radius 2 is 2.12 bits per heavy atom. The average Bonchev–Trinajstić information content (AvgIpc) is 3.00. The lowest BCUT2D eigenvalue weighted by atomic mass is 10.2. The SMILES string of the molecule is Nc1cccc(-c2ncc(-c3cccs3)[nH]2)c1. The second-order valence-corrected chi connectivity index (χ2v) is 4.70. The van der Waals surface area contributed by atoms with Gasteiger partial charge in [-0.15, -0.1) is 11.3 Å². The highest BCUT2D eigenvalue weighted by molar-refractivity contribution is 7.13. The monoisotopic (exact) mass is 241 g/mol. The van der Waals surface area contributed by atoms with E-state index in [1.165, 1.54) is 4.88 Å². The Morgan fingerprint density at radius 3 is 2.88 bits per heavy atom. The predicted octanol–water partition coefficient (Wildman–Crippen LogP) is 3.39. The van der Waals surface area contributed by atoms with Crippen LogP contribution in [0.5, 0.6) is 0 Å². The molecular formula is C13H11N3S. The Morgan fingerprint density at radius 1 is 1.18 bits per heavy atom. The van der Waals surface area contributed by atoms with Crippen molar-refractivity contribution in [2.24, 2.45) is 0 Å². The van der Waals surface area contributed by atoms with Crippen molar-refractivity contribution in [2.75, 3.05) is 5.73 Å². The van der Waals surface area contributed by atoms with Gasteiger partial charge in [0.15, 0.2) is 0 Å². The van der Waals surface area contributed by atoms with Crippen LogP contribution in [0.2, 0.25) is 0 Å². The summed E-state index contributed by atoms with van der Waals surface area (Å²) in [5, 5.41) is 2.05. The summed E-state index contributed by atoms with van der Waals surface area (Å²) in [6, 6.07) is 11.8. The number of nitrogens with two attached hydrogens (primary N) is 1. The van der Waals surface area contributed by atoms with Gasteiger partial charge in [-0.1, -0.05) is 18.2 Å². The molecule has 0 aliphatic heterocycles. The number of anilines is 1. The van der Waals surface area contributed by atoms with Crippen LogP contribution in [-0.2, 0) is 0 Å². The number of aromatic nitrogens is 2. The van der Waals surface area contributed by atoms with E-state index in [0.29, 0.717) is 0 Å². The van der Waals surface area contributed by atoms with Crippen LogP contribution in [0, 0.1) is 0 Å². The molecule has 0 unspecified atom stereocenters. The van der Waals surface area contributed by atoms with E-state index in [2.05, 4.69) is 21.4 Å². The molecule has 3 nitrogen and oxygen atoms in total. The molecule has 0 radical (unpaired) electrons. The van der Waals surface area contributed by atoms with Gasteiger partial charge in [-0.05, 0) is 23.6 Å². The summed E-state index contributed by atoms with van der Waals surface area (Å²) in [5.41, 5.74) is 8.55. The zero-order valence-electron chi connectivity index (χ0n) is 9.05. The van der Waals surface area contributed by atoms with Crippen molar-refractivity contribution in [3.8, 4) is 22.0 Å². The molecule has 3 rings (SSSR count). The summed E-state index contributed by atoms with van der Waals surface area (Å²) in [4.78, 5) is 8.87. The summed E-state index contributed by atoms with van der Waals surface area (Å²) in [6.07, 6.45) is 1.85. The molecule has 0 aliphatic rings. The van der Waals surface area contributed by atoms with E-state index in [4.69, 9.17) is 5.73 Å². The Hall–Kier alpha value is -2.07. The van der Waals surface area contributed by atoms with Crippen molar-refractivity contribution >= 4 is 17.0 Å². The lowest BCUT2D eigenvalue weighted by Crippen LogP contribution is -1.86. The second-order valence-electron chi connectivity index (χ2n) is 3.75. The van der Waals surface area contributed by atoms with Crippen LogP contribution in [0.1, 0.15) is 0 Å². The number of hydrogen-bond donors (Lipinski definition) is 2. The Bertz CT molecular complexity index is 626. The molecule has 2 heterocycles. The maximum Gasteiger partial charge on any atom is 0.137 e. The molecule has 0 aliphatic carbocycles. The Labute approximate surface area is 103 Å². The average molecular weight is 241 g/mol. The van der Waals surface area contributed by atoms with Crippen molar-refractivity contribution in [1.82, 2.24) is 9.97 Å². The zero-order chi connectivity index (χ0) is 11.7. The summed E-state index contributed by atoms with van der Waals surface area (Å²) in [5.74, 6) is 0.848. The molecule has 0 amide bonds. The lowest BCUT2D eigenvalue weighted by molar-refractivity contribution is 1.31. The molecule has 0 fully saturated rings. The fourth-order valence-electron chi connectivity index (χ4n) is 1.71. The molecule has 4 heteroatoms. The fourth-order valence-corrected chi connectivity index (χ4v) is 2.40. The topological polar surface area (TPSA) is 54.7 Å². The van der Waals surface area contributed by atoms with Crippen LogP contribution in [-0.4, -0.2) is 9.97 Å². The van der Waals surface area contributed by atoms with Gasteiger partial charge in [-0.2, -0.15) is 0 Å². The van der Waals surface area contributed by atoms with E-state index in [-0.39, 0.29) is 0 Å². The maximum atomic E-state index is 5.76. The predicted molar refractivity (Wildman–Crippen MR) is 71.7 cm³/mol. The van der Waals surface area contributed by atoms with Gasteiger partial charge >= 0.3 is 0 Å². The molecule has 2 aromatic heterocycles. The van der Waals surface area contributed by atoms with E-state index in [1.54, 1.807) is 11.3 Å². The van der Waals surface area contributed by atoms with Gasteiger partial charge in [0.1, 0.15) is 5.82 Å². The van der Waals surface area contributed by atoms with Gasteiger partial charge in [-0.3, -0.25) is 0 Å². The first kappa shape index (κ1) is 10.1. The highest BCUT2D eigenvalue weighted by Crippen LogP contribution is 2.26. The van der Waals surface area contributed by atoms with Crippen molar-refractivity contribution in [1.29, 1.82) is 0 Å². The number of nitrogen functional groups attached to an aromatic ring is 1. The van der Waals surface area contributed by atoms with Gasteiger partial charge < -0.3 is 10.7 Å². The first-order valence-corrected chi connectivity index (χ1v) is 6.16. The molecule has 1 aromatic carbocycles. The number of rotatable bonds is 2. The minimum Gasteiger partial charge on any atom is -0.399 e. The third kappa shape index (κ3) is 1.94. The molecule has 0 saturated carbocycles. The van der Waals surface area contributed by atoms with Crippen molar-refractivity contribution in [2.45, 2.75) is 0 Å². The van der Waals surface area contributed by atoms with Crippen molar-refractivity contribution in [3.63, 3.8) is 0 Å².